The summed E-state index contributed by atoms with van der Waals surface area (Å²) in [4.78, 5) is 11.4. The molecule has 12 heavy (non-hydrogen) atoms. The van der Waals surface area contributed by atoms with Crippen LogP contribution in [0.4, 0.5) is 0 Å². The molecule has 1 heterocycles. The van der Waals surface area contributed by atoms with Crippen molar-refractivity contribution in [3.05, 3.63) is 17.0 Å². The van der Waals surface area contributed by atoms with Crippen molar-refractivity contribution in [2.24, 2.45) is 0 Å². The molecule has 0 N–H and O–H groups in total. The summed E-state index contributed by atoms with van der Waals surface area (Å²) >= 11 is 0. The molecule has 0 fully saturated rings. The highest BCUT2D eigenvalue weighted by atomic mass is 16.5. The molecular weight excluding hydrogens is 154 g/mol. The van der Waals surface area contributed by atoms with Crippen LogP contribution in [0.1, 0.15) is 41.6 Å². The molecule has 0 saturated carbocycles. The van der Waals surface area contributed by atoms with E-state index in [2.05, 4.69) is 5.16 Å². The Morgan fingerprint density at radius 1 is 1.50 bits per heavy atom. The summed E-state index contributed by atoms with van der Waals surface area (Å²) in [6, 6.07) is 0. The minimum absolute atomic E-state index is 0.203. The van der Waals surface area contributed by atoms with Gasteiger partial charge in [0.15, 0.2) is 5.78 Å². The average Bonchev–Trinajstić information content (AvgIpc) is 2.49. The van der Waals surface area contributed by atoms with E-state index in [0.717, 1.165) is 36.3 Å². The number of ketones is 1. The topological polar surface area (TPSA) is 43.1 Å². The minimum atomic E-state index is 0.203. The van der Waals surface area contributed by atoms with Gasteiger partial charge >= 0.3 is 0 Å². The molecule has 2 rings (SSSR count). The normalized spacial score (nSPS) is 16.2. The lowest BCUT2D eigenvalue weighted by molar-refractivity contribution is 0.0968. The van der Waals surface area contributed by atoms with E-state index in [-0.39, 0.29) is 5.78 Å². The number of Topliss-reactive ketones (excluding diaryl/α,β-unsaturated/α-hetero) is 1. The van der Waals surface area contributed by atoms with Crippen LogP contribution in [-0.4, -0.2) is 10.9 Å². The number of carbonyl (C=O) groups is 1. The largest absolute Gasteiger partial charge is 0.360 e. The molecule has 3 heteroatoms. The first-order valence-corrected chi connectivity index (χ1v) is 4.33. The SMILES string of the molecule is CCc1noc2c1C(=O)CCC2. The van der Waals surface area contributed by atoms with E-state index >= 15 is 0 Å². The molecule has 1 aromatic rings. The molecule has 0 aliphatic heterocycles. The summed E-state index contributed by atoms with van der Waals surface area (Å²) in [5.41, 5.74) is 1.60. The monoisotopic (exact) mass is 165 g/mol. The first-order chi connectivity index (χ1) is 5.83. The fraction of sp³-hybridized carbons (Fsp3) is 0.556. The van der Waals surface area contributed by atoms with Crippen LogP contribution in [0, 0.1) is 0 Å². The summed E-state index contributed by atoms with van der Waals surface area (Å²) < 4.78 is 5.08. The predicted molar refractivity (Wildman–Crippen MR) is 43.1 cm³/mol. The fourth-order valence-electron chi connectivity index (χ4n) is 1.63. The Kier molecular flexibility index (Phi) is 1.71. The maximum atomic E-state index is 11.4. The van der Waals surface area contributed by atoms with Crippen LogP contribution < -0.4 is 0 Å². The molecule has 0 radical (unpaired) electrons. The van der Waals surface area contributed by atoms with E-state index in [0.29, 0.717) is 6.42 Å². The summed E-state index contributed by atoms with van der Waals surface area (Å²) in [6.45, 7) is 1.99. The van der Waals surface area contributed by atoms with Crippen LogP contribution in [-0.2, 0) is 12.8 Å². The van der Waals surface area contributed by atoms with E-state index < -0.39 is 0 Å². The first-order valence-electron chi connectivity index (χ1n) is 4.33. The van der Waals surface area contributed by atoms with Crippen LogP contribution >= 0.6 is 0 Å². The number of carbonyl (C=O) groups excluding carboxylic acids is 1. The van der Waals surface area contributed by atoms with Gasteiger partial charge in [0.2, 0.25) is 0 Å². The molecule has 0 bridgehead atoms. The second-order valence-corrected chi connectivity index (χ2v) is 3.06. The highest BCUT2D eigenvalue weighted by Crippen LogP contribution is 2.24. The molecule has 0 spiro atoms. The van der Waals surface area contributed by atoms with E-state index in [1.54, 1.807) is 0 Å². The molecule has 1 aromatic heterocycles. The highest BCUT2D eigenvalue weighted by molar-refractivity contribution is 5.98. The average molecular weight is 165 g/mol. The van der Waals surface area contributed by atoms with Gasteiger partial charge in [-0.05, 0) is 12.8 Å². The Balaban J connectivity index is 2.50. The third kappa shape index (κ3) is 0.967. The molecule has 1 aliphatic carbocycles. The number of nitrogens with zero attached hydrogens (tertiary/aromatic N) is 1. The second-order valence-electron chi connectivity index (χ2n) is 3.06. The van der Waals surface area contributed by atoms with Crippen molar-refractivity contribution in [2.45, 2.75) is 32.6 Å². The van der Waals surface area contributed by atoms with Crippen LogP contribution in [0.25, 0.3) is 0 Å². The summed E-state index contributed by atoms with van der Waals surface area (Å²) in [5, 5.41) is 3.87. The van der Waals surface area contributed by atoms with Gasteiger partial charge in [0.1, 0.15) is 5.76 Å². The van der Waals surface area contributed by atoms with Crippen LogP contribution in [0.3, 0.4) is 0 Å². The smallest absolute Gasteiger partial charge is 0.168 e. The lowest BCUT2D eigenvalue weighted by atomic mass is 9.94. The van der Waals surface area contributed by atoms with Crippen molar-refractivity contribution >= 4 is 5.78 Å². The van der Waals surface area contributed by atoms with Gasteiger partial charge in [-0.3, -0.25) is 4.79 Å². The molecule has 0 unspecified atom stereocenters. The quantitative estimate of drug-likeness (QED) is 0.636. The fourth-order valence-corrected chi connectivity index (χ4v) is 1.63. The lowest BCUT2D eigenvalue weighted by Crippen LogP contribution is -2.10. The van der Waals surface area contributed by atoms with Crippen LogP contribution in [0.5, 0.6) is 0 Å². The molecule has 64 valence electrons. The van der Waals surface area contributed by atoms with E-state index in [9.17, 15) is 4.79 Å². The zero-order valence-corrected chi connectivity index (χ0v) is 7.09. The first kappa shape index (κ1) is 7.53. The van der Waals surface area contributed by atoms with Crippen LogP contribution in [0.15, 0.2) is 4.52 Å². The third-order valence-corrected chi connectivity index (χ3v) is 2.25. The second kappa shape index (κ2) is 2.73. The predicted octanol–water partition coefficient (Wildman–Crippen LogP) is 1.76. The maximum absolute atomic E-state index is 11.4. The number of rotatable bonds is 1. The van der Waals surface area contributed by atoms with Crippen molar-refractivity contribution < 1.29 is 9.32 Å². The van der Waals surface area contributed by atoms with Crippen molar-refractivity contribution in [3.8, 4) is 0 Å². The highest BCUT2D eigenvalue weighted by Gasteiger charge is 2.24. The number of fused-ring (bicyclic) bond motifs is 1. The summed E-state index contributed by atoms with van der Waals surface area (Å²) in [5.74, 6) is 0.998. The number of hydrogen-bond donors (Lipinski definition) is 0. The van der Waals surface area contributed by atoms with Gasteiger partial charge in [0.05, 0.1) is 11.3 Å². The van der Waals surface area contributed by atoms with Crippen molar-refractivity contribution in [1.29, 1.82) is 0 Å². The van der Waals surface area contributed by atoms with Crippen molar-refractivity contribution in [1.82, 2.24) is 5.16 Å². The van der Waals surface area contributed by atoms with Gasteiger partial charge in [-0.1, -0.05) is 12.1 Å². The van der Waals surface area contributed by atoms with Crippen LogP contribution in [0.2, 0.25) is 0 Å². The van der Waals surface area contributed by atoms with Crippen molar-refractivity contribution in [2.75, 3.05) is 0 Å². The molecule has 1 aliphatic rings. The van der Waals surface area contributed by atoms with E-state index in [1.807, 2.05) is 6.92 Å². The van der Waals surface area contributed by atoms with E-state index in [4.69, 9.17) is 4.52 Å². The Labute approximate surface area is 70.7 Å². The minimum Gasteiger partial charge on any atom is -0.360 e. The lowest BCUT2D eigenvalue weighted by Gasteiger charge is -2.06. The van der Waals surface area contributed by atoms with Gasteiger partial charge in [-0.2, -0.15) is 0 Å². The molecule has 0 amide bonds. The van der Waals surface area contributed by atoms with E-state index in [1.165, 1.54) is 0 Å². The zero-order valence-electron chi connectivity index (χ0n) is 7.09. The maximum Gasteiger partial charge on any atom is 0.168 e. The Hall–Kier alpha value is -1.12. The molecule has 0 saturated heterocycles. The third-order valence-electron chi connectivity index (χ3n) is 2.25. The number of aromatic nitrogens is 1. The van der Waals surface area contributed by atoms with Gasteiger partial charge in [0.25, 0.3) is 0 Å². The van der Waals surface area contributed by atoms with Gasteiger partial charge in [-0.15, -0.1) is 0 Å². The molecular formula is C9H11NO2. The van der Waals surface area contributed by atoms with Gasteiger partial charge in [0, 0.05) is 12.8 Å². The zero-order chi connectivity index (χ0) is 8.55. The molecule has 0 aromatic carbocycles. The Morgan fingerprint density at radius 2 is 2.33 bits per heavy atom. The molecule has 0 atom stereocenters. The summed E-state index contributed by atoms with van der Waals surface area (Å²) in [7, 11) is 0. The molecule has 3 nitrogen and oxygen atoms in total. The Bertz CT molecular complexity index is 301. The standard InChI is InChI=1S/C9H11NO2/c1-2-6-9-7(11)4-3-5-8(9)12-10-6/h2-5H2,1H3. The van der Waals surface area contributed by atoms with Gasteiger partial charge < -0.3 is 4.52 Å². The number of aryl methyl sites for hydroxylation is 2. The van der Waals surface area contributed by atoms with Crippen molar-refractivity contribution in [3.63, 3.8) is 0 Å². The van der Waals surface area contributed by atoms with Gasteiger partial charge in [-0.25, -0.2) is 0 Å². The summed E-state index contributed by atoms with van der Waals surface area (Å²) in [6.07, 6.45) is 3.21. The Morgan fingerprint density at radius 3 is 3.08 bits per heavy atom. The number of hydrogen-bond acceptors (Lipinski definition) is 3.